The summed E-state index contributed by atoms with van der Waals surface area (Å²) < 4.78 is 5.24. The van der Waals surface area contributed by atoms with Crippen LogP contribution in [0.2, 0.25) is 0 Å². The standard InChI is InChI=1S/C19H32N2O2/c1-13(2)16-8-10-17(11-9-16)15(4)21-14(3)12-20-18(22)23-19(5,6)7/h8-11,13-15,21H,12H2,1-7H3,(H,20,22). The molecule has 0 spiro atoms. The van der Waals surface area contributed by atoms with Crippen molar-refractivity contribution >= 4 is 6.09 Å². The van der Waals surface area contributed by atoms with E-state index in [0.29, 0.717) is 12.5 Å². The molecule has 0 saturated carbocycles. The molecule has 1 aromatic rings. The van der Waals surface area contributed by atoms with Gasteiger partial charge in [-0.15, -0.1) is 0 Å². The van der Waals surface area contributed by atoms with Crippen molar-refractivity contribution in [1.82, 2.24) is 10.6 Å². The van der Waals surface area contributed by atoms with Gasteiger partial charge >= 0.3 is 6.09 Å². The molecule has 2 unspecified atom stereocenters. The summed E-state index contributed by atoms with van der Waals surface area (Å²) in [5.41, 5.74) is 2.13. The third-order valence-electron chi connectivity index (χ3n) is 3.59. The minimum atomic E-state index is -0.466. The van der Waals surface area contributed by atoms with Crippen LogP contribution in [-0.4, -0.2) is 24.3 Å². The fourth-order valence-electron chi connectivity index (χ4n) is 2.30. The van der Waals surface area contributed by atoms with E-state index in [-0.39, 0.29) is 18.2 Å². The van der Waals surface area contributed by atoms with Crippen LogP contribution in [0, 0.1) is 0 Å². The minimum Gasteiger partial charge on any atom is -0.444 e. The van der Waals surface area contributed by atoms with Crippen LogP contribution < -0.4 is 10.6 Å². The smallest absolute Gasteiger partial charge is 0.407 e. The molecule has 0 fully saturated rings. The number of amides is 1. The zero-order valence-corrected chi connectivity index (χ0v) is 15.6. The molecule has 23 heavy (non-hydrogen) atoms. The zero-order valence-electron chi connectivity index (χ0n) is 15.6. The lowest BCUT2D eigenvalue weighted by molar-refractivity contribution is 0.0522. The van der Waals surface area contributed by atoms with Crippen LogP contribution in [0.4, 0.5) is 4.79 Å². The molecule has 2 atom stereocenters. The summed E-state index contributed by atoms with van der Waals surface area (Å²) in [5.74, 6) is 0.546. The number of ether oxygens (including phenoxy) is 1. The average molecular weight is 320 g/mol. The van der Waals surface area contributed by atoms with Crippen molar-refractivity contribution in [1.29, 1.82) is 0 Å². The molecular formula is C19H32N2O2. The summed E-state index contributed by atoms with van der Waals surface area (Å²) in [7, 11) is 0. The Morgan fingerprint density at radius 3 is 2.04 bits per heavy atom. The second-order valence-corrected chi connectivity index (χ2v) is 7.49. The van der Waals surface area contributed by atoms with Crippen molar-refractivity contribution in [3.8, 4) is 0 Å². The van der Waals surface area contributed by atoms with Gasteiger partial charge in [0.25, 0.3) is 0 Å². The monoisotopic (exact) mass is 320 g/mol. The van der Waals surface area contributed by atoms with Crippen molar-refractivity contribution < 1.29 is 9.53 Å². The van der Waals surface area contributed by atoms with Gasteiger partial charge in [-0.3, -0.25) is 0 Å². The Kier molecular flexibility index (Phi) is 7.07. The van der Waals surface area contributed by atoms with Crippen LogP contribution in [-0.2, 0) is 4.74 Å². The molecule has 0 saturated heterocycles. The highest BCUT2D eigenvalue weighted by molar-refractivity contribution is 5.67. The topological polar surface area (TPSA) is 50.4 Å². The van der Waals surface area contributed by atoms with Gasteiger partial charge in [0.2, 0.25) is 0 Å². The van der Waals surface area contributed by atoms with Crippen molar-refractivity contribution in [2.24, 2.45) is 0 Å². The second kappa shape index (κ2) is 8.34. The largest absolute Gasteiger partial charge is 0.444 e. The second-order valence-electron chi connectivity index (χ2n) is 7.49. The first-order valence-corrected chi connectivity index (χ1v) is 8.41. The van der Waals surface area contributed by atoms with Gasteiger partial charge in [0.05, 0.1) is 0 Å². The van der Waals surface area contributed by atoms with Gasteiger partial charge in [-0.25, -0.2) is 4.79 Å². The average Bonchev–Trinajstić information content (AvgIpc) is 2.43. The van der Waals surface area contributed by atoms with Crippen LogP contribution in [0.3, 0.4) is 0 Å². The SMILES string of the molecule is CC(CNC(=O)OC(C)(C)C)NC(C)c1ccc(C(C)C)cc1. The predicted octanol–water partition coefficient (Wildman–Crippen LogP) is 4.37. The third-order valence-corrected chi connectivity index (χ3v) is 3.59. The van der Waals surface area contributed by atoms with Crippen molar-refractivity contribution in [2.75, 3.05) is 6.54 Å². The van der Waals surface area contributed by atoms with E-state index in [1.807, 2.05) is 20.8 Å². The third kappa shape index (κ3) is 7.51. The molecule has 0 radical (unpaired) electrons. The van der Waals surface area contributed by atoms with Gasteiger partial charge in [0, 0.05) is 18.6 Å². The van der Waals surface area contributed by atoms with Crippen molar-refractivity contribution in [3.05, 3.63) is 35.4 Å². The molecular weight excluding hydrogens is 288 g/mol. The molecule has 0 aromatic heterocycles. The Morgan fingerprint density at radius 2 is 1.57 bits per heavy atom. The number of carbonyl (C=O) groups excluding carboxylic acids is 1. The molecule has 0 aliphatic heterocycles. The van der Waals surface area contributed by atoms with Gasteiger partial charge in [-0.2, -0.15) is 0 Å². The lowest BCUT2D eigenvalue weighted by Crippen LogP contribution is -2.41. The molecule has 1 amide bonds. The summed E-state index contributed by atoms with van der Waals surface area (Å²) in [6.07, 6.45) is -0.375. The quantitative estimate of drug-likeness (QED) is 0.818. The maximum absolute atomic E-state index is 11.7. The maximum atomic E-state index is 11.7. The van der Waals surface area contributed by atoms with Crippen LogP contribution >= 0.6 is 0 Å². The lowest BCUT2D eigenvalue weighted by atomic mass is 9.99. The van der Waals surface area contributed by atoms with Crippen LogP contribution in [0.5, 0.6) is 0 Å². The van der Waals surface area contributed by atoms with E-state index >= 15 is 0 Å². The Bertz CT molecular complexity index is 489. The Balaban J connectivity index is 2.44. The van der Waals surface area contributed by atoms with E-state index in [1.54, 1.807) is 0 Å². The van der Waals surface area contributed by atoms with Crippen molar-refractivity contribution in [2.45, 2.75) is 72.1 Å². The maximum Gasteiger partial charge on any atom is 0.407 e. The Hall–Kier alpha value is -1.55. The van der Waals surface area contributed by atoms with Gasteiger partial charge in [-0.1, -0.05) is 38.1 Å². The van der Waals surface area contributed by atoms with E-state index in [2.05, 4.69) is 62.6 Å². The number of rotatable bonds is 6. The van der Waals surface area contributed by atoms with E-state index in [1.165, 1.54) is 11.1 Å². The first-order chi connectivity index (χ1) is 10.6. The van der Waals surface area contributed by atoms with Gasteiger partial charge in [-0.05, 0) is 51.7 Å². The van der Waals surface area contributed by atoms with Crippen LogP contribution in [0.1, 0.15) is 71.6 Å². The minimum absolute atomic E-state index is 0.155. The number of benzene rings is 1. The molecule has 0 aliphatic carbocycles. The summed E-state index contributed by atoms with van der Waals surface area (Å²) in [6, 6.07) is 9.08. The molecule has 0 heterocycles. The molecule has 1 rings (SSSR count). The first-order valence-electron chi connectivity index (χ1n) is 8.41. The molecule has 130 valence electrons. The van der Waals surface area contributed by atoms with E-state index in [0.717, 1.165) is 0 Å². The first kappa shape index (κ1) is 19.5. The molecule has 0 aliphatic rings. The highest BCUT2D eigenvalue weighted by atomic mass is 16.6. The van der Waals surface area contributed by atoms with Gasteiger partial charge in [0.1, 0.15) is 5.60 Å². The van der Waals surface area contributed by atoms with Crippen molar-refractivity contribution in [3.63, 3.8) is 0 Å². The number of hydrogen-bond donors (Lipinski definition) is 2. The zero-order chi connectivity index (χ0) is 17.6. The highest BCUT2D eigenvalue weighted by Crippen LogP contribution is 2.18. The van der Waals surface area contributed by atoms with Crippen LogP contribution in [0.25, 0.3) is 0 Å². The number of carbonyl (C=O) groups is 1. The van der Waals surface area contributed by atoms with Crippen LogP contribution in [0.15, 0.2) is 24.3 Å². The normalized spacial score (nSPS) is 14.4. The summed E-state index contributed by atoms with van der Waals surface area (Å²) in [6.45, 7) is 14.7. The summed E-state index contributed by atoms with van der Waals surface area (Å²) >= 11 is 0. The van der Waals surface area contributed by atoms with E-state index in [9.17, 15) is 4.79 Å². The summed E-state index contributed by atoms with van der Waals surface area (Å²) in [5, 5.41) is 6.29. The molecule has 1 aromatic carbocycles. The highest BCUT2D eigenvalue weighted by Gasteiger charge is 2.17. The molecule has 4 nitrogen and oxygen atoms in total. The number of hydrogen-bond acceptors (Lipinski definition) is 3. The lowest BCUT2D eigenvalue weighted by Gasteiger charge is -2.23. The Morgan fingerprint density at radius 1 is 1.04 bits per heavy atom. The van der Waals surface area contributed by atoms with E-state index in [4.69, 9.17) is 4.74 Å². The number of nitrogens with one attached hydrogen (secondary N) is 2. The fraction of sp³-hybridized carbons (Fsp3) is 0.632. The van der Waals surface area contributed by atoms with E-state index < -0.39 is 5.60 Å². The predicted molar refractivity (Wildman–Crippen MR) is 95.8 cm³/mol. The fourth-order valence-corrected chi connectivity index (χ4v) is 2.30. The van der Waals surface area contributed by atoms with Gasteiger partial charge < -0.3 is 15.4 Å². The van der Waals surface area contributed by atoms with Gasteiger partial charge in [0.15, 0.2) is 0 Å². The molecule has 2 N–H and O–H groups in total. The molecule has 0 bridgehead atoms. The number of alkyl carbamates (subject to hydrolysis) is 1. The molecule has 4 heteroatoms. The Labute approximate surface area is 141 Å². The summed E-state index contributed by atoms with van der Waals surface area (Å²) in [4.78, 5) is 11.7.